The van der Waals surface area contributed by atoms with Crippen LogP contribution in [0, 0.1) is 0 Å². The Morgan fingerprint density at radius 2 is 2.12 bits per heavy atom. The summed E-state index contributed by atoms with van der Waals surface area (Å²) in [7, 11) is 1.22. The third kappa shape index (κ3) is 3.06. The molecule has 0 aliphatic carbocycles. The van der Waals surface area contributed by atoms with Crippen LogP contribution in [0.15, 0.2) is 21.8 Å². The molecule has 0 bridgehead atoms. The molecule has 1 fully saturated rings. The van der Waals surface area contributed by atoms with Gasteiger partial charge in [0.1, 0.15) is 11.7 Å². The summed E-state index contributed by atoms with van der Waals surface area (Å²) in [4.78, 5) is 6.56. The Morgan fingerprint density at radius 3 is 2.44 bits per heavy atom. The van der Waals surface area contributed by atoms with Gasteiger partial charge in [-0.1, -0.05) is 0 Å². The molecule has 0 saturated carbocycles. The molecule has 0 aromatic heterocycles. The largest absolute Gasteiger partial charge is 0.469 e. The van der Waals surface area contributed by atoms with Crippen LogP contribution in [-0.2, 0) is 9.47 Å². The molecule has 0 unspecified atom stereocenters. The van der Waals surface area contributed by atoms with Gasteiger partial charge in [0.2, 0.25) is 5.90 Å². The van der Waals surface area contributed by atoms with E-state index in [1.165, 1.54) is 7.05 Å². The van der Waals surface area contributed by atoms with Crippen LogP contribution >= 0.6 is 0 Å². The molecular formula is C9H11F3N2O2. The summed E-state index contributed by atoms with van der Waals surface area (Å²) < 4.78 is 47.5. The van der Waals surface area contributed by atoms with Crippen molar-refractivity contribution in [2.75, 3.05) is 20.3 Å². The zero-order valence-corrected chi connectivity index (χ0v) is 8.62. The number of aliphatic imine (C=N–C) groups is 2. The Hall–Kier alpha value is -1.37. The molecule has 0 aromatic rings. The number of halogens is 3. The van der Waals surface area contributed by atoms with E-state index in [2.05, 4.69) is 16.7 Å². The molecular weight excluding hydrogens is 225 g/mol. The first-order chi connectivity index (χ1) is 7.49. The van der Waals surface area contributed by atoms with E-state index in [-0.39, 0.29) is 19.3 Å². The van der Waals surface area contributed by atoms with E-state index in [0.717, 1.165) is 0 Å². The lowest BCUT2D eigenvalue weighted by Crippen LogP contribution is -2.39. The van der Waals surface area contributed by atoms with Crippen LogP contribution in [0.2, 0.25) is 0 Å². The molecule has 1 heterocycles. The van der Waals surface area contributed by atoms with Gasteiger partial charge in [-0.25, -0.2) is 0 Å². The molecule has 0 N–H and O–H groups in total. The molecule has 4 nitrogen and oxygen atoms in total. The maximum absolute atomic E-state index is 12.6. The van der Waals surface area contributed by atoms with Crippen LogP contribution in [0.25, 0.3) is 0 Å². The quantitative estimate of drug-likeness (QED) is 0.551. The lowest BCUT2D eigenvalue weighted by molar-refractivity contribution is -0.101. The van der Waals surface area contributed by atoms with Crippen LogP contribution in [-0.4, -0.2) is 45.2 Å². The number of nitrogens with zero attached hydrogens (tertiary/aromatic N) is 2. The first kappa shape index (κ1) is 12.7. The van der Waals surface area contributed by atoms with Crippen LogP contribution in [0.4, 0.5) is 13.2 Å². The molecule has 0 atom stereocenters. The van der Waals surface area contributed by atoms with Gasteiger partial charge in [-0.15, -0.1) is 0 Å². The fraction of sp³-hybridized carbons (Fsp3) is 0.556. The van der Waals surface area contributed by atoms with Gasteiger partial charge in [0, 0.05) is 13.2 Å². The highest BCUT2D eigenvalue weighted by Gasteiger charge is 2.39. The summed E-state index contributed by atoms with van der Waals surface area (Å²) in [6.07, 6.45) is -4.36. The first-order valence-electron chi connectivity index (χ1n) is 4.43. The monoisotopic (exact) mass is 236 g/mol. The summed E-state index contributed by atoms with van der Waals surface area (Å²) in [5, 5.41) is 0. The molecule has 90 valence electrons. The SMILES string of the molecule is C=N/C=C(\C(=NC)OC1COC1)C(F)(F)F. The van der Waals surface area contributed by atoms with Gasteiger partial charge in [0.25, 0.3) is 0 Å². The van der Waals surface area contributed by atoms with E-state index in [1.54, 1.807) is 0 Å². The zero-order valence-electron chi connectivity index (χ0n) is 8.62. The van der Waals surface area contributed by atoms with E-state index < -0.39 is 17.6 Å². The maximum Gasteiger partial charge on any atom is 0.423 e. The predicted molar refractivity (Wildman–Crippen MR) is 52.7 cm³/mol. The van der Waals surface area contributed by atoms with E-state index in [9.17, 15) is 13.2 Å². The topological polar surface area (TPSA) is 43.2 Å². The van der Waals surface area contributed by atoms with Gasteiger partial charge < -0.3 is 9.47 Å². The van der Waals surface area contributed by atoms with E-state index in [4.69, 9.17) is 9.47 Å². The predicted octanol–water partition coefficient (Wildman–Crippen LogP) is 1.58. The number of alkyl halides is 3. The van der Waals surface area contributed by atoms with E-state index in [0.29, 0.717) is 6.20 Å². The summed E-state index contributed by atoms with van der Waals surface area (Å²) >= 11 is 0. The van der Waals surface area contributed by atoms with Crippen molar-refractivity contribution in [3.63, 3.8) is 0 Å². The minimum atomic E-state index is -4.57. The van der Waals surface area contributed by atoms with Crippen molar-refractivity contribution in [2.24, 2.45) is 9.98 Å². The average Bonchev–Trinajstić information content (AvgIpc) is 2.12. The van der Waals surface area contributed by atoms with Crippen LogP contribution < -0.4 is 0 Å². The highest BCUT2D eigenvalue weighted by Crippen LogP contribution is 2.28. The number of ether oxygens (including phenoxy) is 2. The van der Waals surface area contributed by atoms with Crippen LogP contribution in [0.5, 0.6) is 0 Å². The molecule has 1 saturated heterocycles. The second-order valence-corrected chi connectivity index (χ2v) is 3.03. The molecule has 1 aliphatic heterocycles. The molecule has 0 aromatic carbocycles. The summed E-state index contributed by atoms with van der Waals surface area (Å²) in [5.74, 6) is -0.492. The lowest BCUT2D eigenvalue weighted by Gasteiger charge is -2.28. The highest BCUT2D eigenvalue weighted by molar-refractivity contribution is 5.94. The summed E-state index contributed by atoms with van der Waals surface area (Å²) in [6, 6.07) is 0. The zero-order chi connectivity index (χ0) is 12.2. The Balaban J connectivity index is 2.82. The van der Waals surface area contributed by atoms with Crippen molar-refractivity contribution in [3.8, 4) is 0 Å². The lowest BCUT2D eigenvalue weighted by atomic mass is 10.2. The van der Waals surface area contributed by atoms with Gasteiger partial charge in [-0.2, -0.15) is 13.2 Å². The van der Waals surface area contributed by atoms with Crippen LogP contribution in [0.1, 0.15) is 0 Å². The van der Waals surface area contributed by atoms with Crippen LogP contribution in [0.3, 0.4) is 0 Å². The number of hydrogen-bond donors (Lipinski definition) is 0. The number of hydrogen-bond acceptors (Lipinski definition) is 4. The Labute approximate surface area is 90.5 Å². The molecule has 0 spiro atoms. The molecule has 1 rings (SSSR count). The number of rotatable bonds is 3. The van der Waals surface area contributed by atoms with Crippen molar-refractivity contribution >= 4 is 12.6 Å². The fourth-order valence-electron chi connectivity index (χ4n) is 1.02. The first-order valence-corrected chi connectivity index (χ1v) is 4.43. The minimum Gasteiger partial charge on any atom is -0.469 e. The Kier molecular flexibility index (Phi) is 4.05. The summed E-state index contributed by atoms with van der Waals surface area (Å²) in [6.45, 7) is 3.52. The highest BCUT2D eigenvalue weighted by atomic mass is 19.4. The summed E-state index contributed by atoms with van der Waals surface area (Å²) in [5.41, 5.74) is -1.04. The normalized spacial score (nSPS) is 19.2. The Morgan fingerprint density at radius 1 is 1.50 bits per heavy atom. The molecule has 1 aliphatic rings. The van der Waals surface area contributed by atoms with Crippen molar-refractivity contribution in [2.45, 2.75) is 12.3 Å². The molecule has 16 heavy (non-hydrogen) atoms. The minimum absolute atomic E-state index is 0.270. The van der Waals surface area contributed by atoms with Crippen molar-refractivity contribution in [3.05, 3.63) is 11.8 Å². The van der Waals surface area contributed by atoms with Crippen molar-refractivity contribution in [1.82, 2.24) is 0 Å². The van der Waals surface area contributed by atoms with Gasteiger partial charge >= 0.3 is 6.18 Å². The van der Waals surface area contributed by atoms with E-state index in [1.807, 2.05) is 0 Å². The Bertz CT molecular complexity index is 319. The third-order valence-corrected chi connectivity index (χ3v) is 1.85. The average molecular weight is 236 g/mol. The van der Waals surface area contributed by atoms with Gasteiger partial charge in [-0.3, -0.25) is 9.98 Å². The van der Waals surface area contributed by atoms with Gasteiger partial charge in [0.15, 0.2) is 0 Å². The smallest absolute Gasteiger partial charge is 0.423 e. The second kappa shape index (κ2) is 5.11. The molecule has 0 radical (unpaired) electrons. The van der Waals surface area contributed by atoms with Crippen molar-refractivity contribution < 1.29 is 22.6 Å². The van der Waals surface area contributed by atoms with E-state index >= 15 is 0 Å². The molecule has 0 amide bonds. The fourth-order valence-corrected chi connectivity index (χ4v) is 1.02. The van der Waals surface area contributed by atoms with Gasteiger partial charge in [0.05, 0.1) is 13.2 Å². The maximum atomic E-state index is 12.6. The molecule has 7 heteroatoms. The second-order valence-electron chi connectivity index (χ2n) is 3.03. The van der Waals surface area contributed by atoms with Gasteiger partial charge in [-0.05, 0) is 6.72 Å². The third-order valence-electron chi connectivity index (χ3n) is 1.85. The standard InChI is InChI=1S/C9H11F3N2O2/c1-13-3-7(9(10,11)12)8(14-2)16-6-4-15-5-6/h3,6H,1,4-5H2,2H3/b7-3+,14-8?. The van der Waals surface area contributed by atoms with Crippen molar-refractivity contribution in [1.29, 1.82) is 0 Å².